The molecule has 0 aliphatic rings. The lowest BCUT2D eigenvalue weighted by Crippen LogP contribution is -2.30. The number of carbonyl (C=O) groups excluding carboxylic acids is 1. The third-order valence-corrected chi connectivity index (χ3v) is 4.49. The molecule has 150 valence electrons. The molecule has 1 unspecified atom stereocenters. The van der Waals surface area contributed by atoms with Crippen LogP contribution in [0.1, 0.15) is 110 Å². The number of hydrogen-bond acceptors (Lipinski definition) is 5. The van der Waals surface area contributed by atoms with Gasteiger partial charge in [-0.25, -0.2) is 0 Å². The Morgan fingerprint density at radius 2 is 1.04 bits per heavy atom. The van der Waals surface area contributed by atoms with Crippen molar-refractivity contribution in [1.29, 1.82) is 0 Å². The summed E-state index contributed by atoms with van der Waals surface area (Å²) in [7, 11) is 0. The fourth-order valence-corrected chi connectivity index (χ4v) is 2.90. The van der Waals surface area contributed by atoms with Crippen LogP contribution >= 0.6 is 0 Å². The van der Waals surface area contributed by atoms with Gasteiger partial charge >= 0.3 is 5.97 Å². The number of carbonyl (C=O) groups is 1. The van der Waals surface area contributed by atoms with E-state index < -0.39 is 18.5 Å². The zero-order chi connectivity index (χ0) is 18.8. The summed E-state index contributed by atoms with van der Waals surface area (Å²) in [5, 5.41) is 26.2. The molecule has 0 rings (SSSR count). The minimum atomic E-state index is -2.04. The summed E-state index contributed by atoms with van der Waals surface area (Å²) >= 11 is 0. The number of aliphatic hydroxyl groups is 3. The lowest BCUT2D eigenvalue weighted by molar-refractivity contribution is -0.229. The van der Waals surface area contributed by atoms with Crippen LogP contribution in [0.25, 0.3) is 0 Å². The normalized spacial score (nSPS) is 12.5. The number of hydrogen-bond donors (Lipinski definition) is 3. The zero-order valence-corrected chi connectivity index (χ0v) is 16.1. The van der Waals surface area contributed by atoms with E-state index in [9.17, 15) is 4.79 Å². The Hall–Kier alpha value is -0.650. The molecule has 0 bridgehead atoms. The molecule has 0 saturated heterocycles. The lowest BCUT2D eigenvalue weighted by Gasteiger charge is -2.13. The van der Waals surface area contributed by atoms with Crippen LogP contribution in [0.4, 0.5) is 0 Å². The summed E-state index contributed by atoms with van der Waals surface area (Å²) in [6.07, 6.45) is 15.2. The van der Waals surface area contributed by atoms with E-state index in [1.165, 1.54) is 77.0 Å². The number of aliphatic hydroxyl groups excluding tert-OH is 2. The van der Waals surface area contributed by atoms with Crippen molar-refractivity contribution in [2.75, 3.05) is 0 Å². The van der Waals surface area contributed by atoms with Gasteiger partial charge < -0.3 is 20.1 Å². The Kier molecular flexibility index (Phi) is 17.7. The highest BCUT2D eigenvalue weighted by atomic mass is 16.7. The summed E-state index contributed by atoms with van der Waals surface area (Å²) in [5.41, 5.74) is 0. The predicted octanol–water partition coefficient (Wildman–Crippen LogP) is 4.42. The first-order chi connectivity index (χ1) is 12.1. The Morgan fingerprint density at radius 1 is 0.680 bits per heavy atom. The van der Waals surface area contributed by atoms with E-state index in [-0.39, 0.29) is 6.42 Å². The quantitative estimate of drug-likeness (QED) is 0.191. The van der Waals surface area contributed by atoms with Crippen LogP contribution in [0.2, 0.25) is 0 Å². The first kappa shape index (κ1) is 24.4. The second kappa shape index (κ2) is 18.2. The first-order valence-electron chi connectivity index (χ1n) is 10.3. The van der Waals surface area contributed by atoms with Crippen LogP contribution in [-0.2, 0) is 9.53 Å². The van der Waals surface area contributed by atoms with E-state index in [4.69, 9.17) is 15.3 Å². The zero-order valence-electron chi connectivity index (χ0n) is 16.1. The minimum Gasteiger partial charge on any atom is -0.430 e. The van der Waals surface area contributed by atoms with E-state index in [0.717, 1.165) is 12.8 Å². The number of esters is 1. The van der Waals surface area contributed by atoms with Crippen LogP contribution < -0.4 is 0 Å². The van der Waals surface area contributed by atoms with E-state index >= 15 is 0 Å². The summed E-state index contributed by atoms with van der Waals surface area (Å²) in [5.74, 6) is -0.588. The van der Waals surface area contributed by atoms with Gasteiger partial charge in [-0.1, -0.05) is 96.8 Å². The van der Waals surface area contributed by atoms with Gasteiger partial charge in [0.2, 0.25) is 6.29 Å². The molecule has 0 aliphatic carbocycles. The molecule has 0 radical (unpaired) electrons. The summed E-state index contributed by atoms with van der Waals surface area (Å²) in [4.78, 5) is 11.3. The van der Waals surface area contributed by atoms with Gasteiger partial charge in [-0.15, -0.1) is 0 Å². The van der Waals surface area contributed by atoms with E-state index in [1.807, 2.05) is 0 Å². The van der Waals surface area contributed by atoms with Crippen LogP contribution in [-0.4, -0.2) is 33.9 Å². The molecule has 25 heavy (non-hydrogen) atoms. The van der Waals surface area contributed by atoms with Gasteiger partial charge in [0.25, 0.3) is 6.29 Å². The van der Waals surface area contributed by atoms with E-state index in [1.54, 1.807) is 0 Å². The third kappa shape index (κ3) is 18.0. The molecule has 1 atom stereocenters. The molecule has 0 aromatic rings. The fourth-order valence-electron chi connectivity index (χ4n) is 2.90. The van der Waals surface area contributed by atoms with Crippen molar-refractivity contribution in [2.45, 2.75) is 122 Å². The summed E-state index contributed by atoms with van der Waals surface area (Å²) in [6.45, 7) is 2.25. The molecule has 0 saturated carbocycles. The van der Waals surface area contributed by atoms with Crippen molar-refractivity contribution in [2.24, 2.45) is 0 Å². The van der Waals surface area contributed by atoms with Crippen molar-refractivity contribution in [3.8, 4) is 0 Å². The topological polar surface area (TPSA) is 87.0 Å². The van der Waals surface area contributed by atoms with Gasteiger partial charge in [0.15, 0.2) is 0 Å². The minimum absolute atomic E-state index is 0.210. The molecule has 5 nitrogen and oxygen atoms in total. The Balaban J connectivity index is 3.17. The van der Waals surface area contributed by atoms with E-state index in [0.29, 0.717) is 6.42 Å². The second-order valence-corrected chi connectivity index (χ2v) is 6.99. The maximum Gasteiger partial charge on any atom is 0.308 e. The molecule has 0 spiro atoms. The van der Waals surface area contributed by atoms with Gasteiger partial charge in [-0.05, 0) is 6.42 Å². The molecule has 3 N–H and O–H groups in total. The highest BCUT2D eigenvalue weighted by Crippen LogP contribution is 2.13. The standard InChI is InChI=1S/C20H40O5/c1-2-3-4-5-6-7-8-9-10-11-12-13-14-15-16-17-18(21)25-20(24)19(22)23/h19-20,22-24H,2-17H2,1H3. The van der Waals surface area contributed by atoms with Gasteiger partial charge in [0, 0.05) is 6.42 Å². The number of rotatable bonds is 18. The van der Waals surface area contributed by atoms with Gasteiger partial charge in [0.05, 0.1) is 0 Å². The molecule has 5 heteroatoms. The van der Waals surface area contributed by atoms with Gasteiger partial charge in [-0.2, -0.15) is 0 Å². The van der Waals surface area contributed by atoms with Gasteiger partial charge in [0.1, 0.15) is 0 Å². The highest BCUT2D eigenvalue weighted by Gasteiger charge is 2.17. The molecular formula is C20H40O5. The van der Waals surface area contributed by atoms with Crippen molar-refractivity contribution in [3.05, 3.63) is 0 Å². The molecule has 0 aromatic heterocycles. The summed E-state index contributed by atoms with van der Waals surface area (Å²) < 4.78 is 4.45. The average molecular weight is 361 g/mol. The number of unbranched alkanes of at least 4 members (excludes halogenated alkanes) is 14. The molecule has 0 heterocycles. The maximum atomic E-state index is 11.3. The summed E-state index contributed by atoms with van der Waals surface area (Å²) in [6, 6.07) is 0. The van der Waals surface area contributed by atoms with Crippen molar-refractivity contribution >= 4 is 5.97 Å². The largest absolute Gasteiger partial charge is 0.430 e. The second-order valence-electron chi connectivity index (χ2n) is 6.99. The maximum absolute atomic E-state index is 11.3. The average Bonchev–Trinajstić information content (AvgIpc) is 2.58. The lowest BCUT2D eigenvalue weighted by atomic mass is 10.0. The Bertz CT molecular complexity index is 294. The monoisotopic (exact) mass is 360 g/mol. The number of ether oxygens (including phenoxy) is 1. The van der Waals surface area contributed by atoms with Crippen LogP contribution in [0.15, 0.2) is 0 Å². The van der Waals surface area contributed by atoms with Crippen molar-refractivity contribution in [1.82, 2.24) is 0 Å². The van der Waals surface area contributed by atoms with Crippen molar-refractivity contribution in [3.63, 3.8) is 0 Å². The fraction of sp³-hybridized carbons (Fsp3) is 0.950. The molecule has 0 amide bonds. The Labute approximate surface area is 153 Å². The molecule has 0 aliphatic heterocycles. The van der Waals surface area contributed by atoms with Crippen molar-refractivity contribution < 1.29 is 24.9 Å². The molecule has 0 fully saturated rings. The Morgan fingerprint density at radius 3 is 1.40 bits per heavy atom. The smallest absolute Gasteiger partial charge is 0.308 e. The highest BCUT2D eigenvalue weighted by molar-refractivity contribution is 5.69. The molecular weight excluding hydrogens is 320 g/mol. The van der Waals surface area contributed by atoms with Gasteiger partial charge in [-0.3, -0.25) is 4.79 Å². The first-order valence-corrected chi connectivity index (χ1v) is 10.3. The van der Waals surface area contributed by atoms with Crippen LogP contribution in [0, 0.1) is 0 Å². The van der Waals surface area contributed by atoms with Crippen LogP contribution in [0.5, 0.6) is 0 Å². The van der Waals surface area contributed by atoms with Crippen LogP contribution in [0.3, 0.4) is 0 Å². The molecule has 0 aromatic carbocycles. The third-order valence-electron chi connectivity index (χ3n) is 4.49. The predicted molar refractivity (Wildman–Crippen MR) is 99.9 cm³/mol. The SMILES string of the molecule is CCCCCCCCCCCCCCCCCC(=O)OC(O)C(O)O. The van der Waals surface area contributed by atoms with E-state index in [2.05, 4.69) is 11.7 Å².